The molecule has 0 aliphatic heterocycles. The molecule has 0 amide bonds. The molecule has 0 bridgehead atoms. The third-order valence-electron chi connectivity index (χ3n) is 3.93. The van der Waals surface area contributed by atoms with E-state index in [1.165, 1.54) is 0 Å². The van der Waals surface area contributed by atoms with Crippen LogP contribution in [0, 0.1) is 11.8 Å². The van der Waals surface area contributed by atoms with Gasteiger partial charge in [-0.3, -0.25) is 4.79 Å². The predicted molar refractivity (Wildman–Crippen MR) is 71.2 cm³/mol. The van der Waals surface area contributed by atoms with Crippen molar-refractivity contribution in [2.45, 2.75) is 58.5 Å². The lowest BCUT2D eigenvalue weighted by Gasteiger charge is -2.32. The number of aliphatic hydroxyl groups excluding tert-OH is 1. The zero-order chi connectivity index (χ0) is 13.5. The summed E-state index contributed by atoms with van der Waals surface area (Å²) in [6, 6.07) is 0.651. The number of hydrogen-bond donors (Lipinski definition) is 2. The number of rotatable bonds is 6. The Kier molecular flexibility index (Phi) is 6.65. The number of carbonyl (C=O) groups is 1. The molecule has 1 aliphatic rings. The minimum Gasteiger partial charge on any atom is -0.466 e. The van der Waals surface area contributed by atoms with Gasteiger partial charge in [-0.05, 0) is 39.0 Å². The van der Waals surface area contributed by atoms with Crippen LogP contribution in [0.4, 0.5) is 0 Å². The van der Waals surface area contributed by atoms with Crippen LogP contribution in [0.25, 0.3) is 0 Å². The van der Waals surface area contributed by atoms with Gasteiger partial charge in [-0.15, -0.1) is 0 Å². The van der Waals surface area contributed by atoms with Crippen LogP contribution in [-0.2, 0) is 9.53 Å². The molecule has 0 saturated heterocycles. The SMILES string of the molecule is CCOC(=O)C1CCCC(NC(C)C(C)CO)C1. The van der Waals surface area contributed by atoms with Crippen LogP contribution in [0.2, 0.25) is 0 Å². The predicted octanol–water partition coefficient (Wildman–Crippen LogP) is 1.71. The first-order chi connectivity index (χ1) is 8.58. The summed E-state index contributed by atoms with van der Waals surface area (Å²) in [5.41, 5.74) is 0. The fourth-order valence-corrected chi connectivity index (χ4v) is 2.51. The van der Waals surface area contributed by atoms with E-state index in [0.717, 1.165) is 25.7 Å². The van der Waals surface area contributed by atoms with Gasteiger partial charge in [0, 0.05) is 18.7 Å². The van der Waals surface area contributed by atoms with Crippen molar-refractivity contribution in [2.24, 2.45) is 11.8 Å². The van der Waals surface area contributed by atoms with E-state index in [1.54, 1.807) is 0 Å². The van der Waals surface area contributed by atoms with Crippen molar-refractivity contribution in [2.75, 3.05) is 13.2 Å². The molecule has 1 rings (SSSR count). The molecule has 4 heteroatoms. The maximum absolute atomic E-state index is 11.7. The Labute approximate surface area is 110 Å². The topological polar surface area (TPSA) is 58.6 Å². The van der Waals surface area contributed by atoms with Crippen molar-refractivity contribution < 1.29 is 14.6 Å². The molecule has 1 saturated carbocycles. The van der Waals surface area contributed by atoms with Crippen LogP contribution in [0.1, 0.15) is 46.5 Å². The summed E-state index contributed by atoms with van der Waals surface area (Å²) < 4.78 is 5.10. The summed E-state index contributed by atoms with van der Waals surface area (Å²) >= 11 is 0. The third-order valence-corrected chi connectivity index (χ3v) is 3.93. The van der Waals surface area contributed by atoms with E-state index in [2.05, 4.69) is 12.2 Å². The van der Waals surface area contributed by atoms with Crippen LogP contribution in [0.15, 0.2) is 0 Å². The molecule has 0 aromatic heterocycles. The smallest absolute Gasteiger partial charge is 0.308 e. The van der Waals surface area contributed by atoms with E-state index >= 15 is 0 Å². The molecule has 0 aromatic carbocycles. The summed E-state index contributed by atoms with van der Waals surface area (Å²) in [4.78, 5) is 11.7. The molecule has 1 fully saturated rings. The minimum absolute atomic E-state index is 0.0489. The fourth-order valence-electron chi connectivity index (χ4n) is 2.51. The van der Waals surface area contributed by atoms with E-state index in [4.69, 9.17) is 9.84 Å². The normalized spacial score (nSPS) is 27.6. The second-order valence-corrected chi connectivity index (χ2v) is 5.43. The van der Waals surface area contributed by atoms with Crippen LogP contribution >= 0.6 is 0 Å². The van der Waals surface area contributed by atoms with Gasteiger partial charge in [-0.25, -0.2) is 0 Å². The maximum Gasteiger partial charge on any atom is 0.308 e. The Morgan fingerprint density at radius 2 is 2.17 bits per heavy atom. The number of ether oxygens (including phenoxy) is 1. The van der Waals surface area contributed by atoms with Crippen molar-refractivity contribution >= 4 is 5.97 Å². The Balaban J connectivity index is 2.41. The van der Waals surface area contributed by atoms with Crippen LogP contribution in [0.5, 0.6) is 0 Å². The molecule has 2 N–H and O–H groups in total. The Bertz CT molecular complexity index is 257. The van der Waals surface area contributed by atoms with Crippen molar-refractivity contribution in [3.8, 4) is 0 Å². The van der Waals surface area contributed by atoms with Gasteiger partial charge in [0.1, 0.15) is 0 Å². The van der Waals surface area contributed by atoms with Gasteiger partial charge in [-0.2, -0.15) is 0 Å². The van der Waals surface area contributed by atoms with Gasteiger partial charge in [0.2, 0.25) is 0 Å². The van der Waals surface area contributed by atoms with E-state index in [9.17, 15) is 4.79 Å². The Hall–Kier alpha value is -0.610. The lowest BCUT2D eigenvalue weighted by molar-refractivity contribution is -0.149. The van der Waals surface area contributed by atoms with Crippen molar-refractivity contribution in [1.29, 1.82) is 0 Å². The van der Waals surface area contributed by atoms with Crippen molar-refractivity contribution in [3.05, 3.63) is 0 Å². The molecule has 0 radical (unpaired) electrons. The monoisotopic (exact) mass is 257 g/mol. The third kappa shape index (κ3) is 4.58. The number of aliphatic hydroxyl groups is 1. The maximum atomic E-state index is 11.7. The van der Waals surface area contributed by atoms with Crippen LogP contribution < -0.4 is 5.32 Å². The highest BCUT2D eigenvalue weighted by Crippen LogP contribution is 2.26. The molecule has 4 atom stereocenters. The number of carbonyl (C=O) groups excluding carboxylic acids is 1. The molecule has 0 aromatic rings. The van der Waals surface area contributed by atoms with Crippen LogP contribution in [-0.4, -0.2) is 36.4 Å². The van der Waals surface area contributed by atoms with Gasteiger partial charge in [0.05, 0.1) is 12.5 Å². The van der Waals surface area contributed by atoms with E-state index < -0.39 is 0 Å². The molecule has 0 spiro atoms. The lowest BCUT2D eigenvalue weighted by atomic mass is 9.85. The number of nitrogens with one attached hydrogen (secondary N) is 1. The zero-order valence-electron chi connectivity index (χ0n) is 11.8. The first-order valence-corrected chi connectivity index (χ1v) is 7.12. The zero-order valence-corrected chi connectivity index (χ0v) is 11.8. The highest BCUT2D eigenvalue weighted by atomic mass is 16.5. The molecule has 4 nitrogen and oxygen atoms in total. The Morgan fingerprint density at radius 1 is 1.44 bits per heavy atom. The molecular weight excluding hydrogens is 230 g/mol. The molecule has 18 heavy (non-hydrogen) atoms. The van der Waals surface area contributed by atoms with Gasteiger partial charge >= 0.3 is 5.97 Å². The van der Waals surface area contributed by atoms with Gasteiger partial charge in [0.15, 0.2) is 0 Å². The van der Waals surface area contributed by atoms with Crippen LogP contribution in [0.3, 0.4) is 0 Å². The summed E-state index contributed by atoms with van der Waals surface area (Å²) in [6.45, 7) is 6.63. The first kappa shape index (κ1) is 15.4. The first-order valence-electron chi connectivity index (χ1n) is 7.12. The molecule has 4 unspecified atom stereocenters. The molecule has 0 heterocycles. The highest BCUT2D eigenvalue weighted by Gasteiger charge is 2.29. The second-order valence-electron chi connectivity index (χ2n) is 5.43. The highest BCUT2D eigenvalue weighted by molar-refractivity contribution is 5.72. The van der Waals surface area contributed by atoms with Gasteiger partial charge < -0.3 is 15.2 Å². The van der Waals surface area contributed by atoms with E-state index in [1.807, 2.05) is 13.8 Å². The fraction of sp³-hybridized carbons (Fsp3) is 0.929. The van der Waals surface area contributed by atoms with Gasteiger partial charge in [-0.1, -0.05) is 13.3 Å². The molecular formula is C14H27NO3. The van der Waals surface area contributed by atoms with Crippen molar-refractivity contribution in [1.82, 2.24) is 5.32 Å². The number of hydrogen-bond acceptors (Lipinski definition) is 4. The van der Waals surface area contributed by atoms with E-state index in [-0.39, 0.29) is 30.5 Å². The average molecular weight is 257 g/mol. The van der Waals surface area contributed by atoms with Gasteiger partial charge in [0.25, 0.3) is 0 Å². The standard InChI is InChI=1S/C14H27NO3/c1-4-18-14(17)12-6-5-7-13(8-12)15-11(3)10(2)9-16/h10-13,15-16H,4-9H2,1-3H3. The van der Waals surface area contributed by atoms with E-state index in [0.29, 0.717) is 12.6 Å². The summed E-state index contributed by atoms with van der Waals surface area (Å²) in [5, 5.41) is 12.7. The second kappa shape index (κ2) is 7.74. The van der Waals surface area contributed by atoms with Crippen molar-refractivity contribution in [3.63, 3.8) is 0 Å². The lowest BCUT2D eigenvalue weighted by Crippen LogP contribution is -2.44. The average Bonchev–Trinajstić information content (AvgIpc) is 2.38. The summed E-state index contributed by atoms with van der Waals surface area (Å²) in [6.07, 6.45) is 3.99. The molecule has 106 valence electrons. The quantitative estimate of drug-likeness (QED) is 0.711. The largest absolute Gasteiger partial charge is 0.466 e. The summed E-state index contributed by atoms with van der Waals surface area (Å²) in [5.74, 6) is 0.243. The minimum atomic E-state index is -0.0492. The summed E-state index contributed by atoms with van der Waals surface area (Å²) in [7, 11) is 0. The Morgan fingerprint density at radius 3 is 2.78 bits per heavy atom. The number of esters is 1. The molecule has 1 aliphatic carbocycles.